The molecule has 1 N–H and O–H groups in total. The van der Waals surface area contributed by atoms with Gasteiger partial charge in [0, 0.05) is 41.5 Å². The molecule has 0 unspecified atom stereocenters. The van der Waals surface area contributed by atoms with Gasteiger partial charge in [-0.05, 0) is 31.0 Å². The van der Waals surface area contributed by atoms with Crippen LogP contribution in [0.5, 0.6) is 0 Å². The highest BCUT2D eigenvalue weighted by molar-refractivity contribution is 7.89. The number of hydrogen-bond donors (Lipinski definition) is 1. The summed E-state index contributed by atoms with van der Waals surface area (Å²) in [6.07, 6.45) is 2.78. The molecule has 6 nitrogen and oxygen atoms in total. The Morgan fingerprint density at radius 2 is 1.31 bits per heavy atom. The molecule has 180 valence electrons. The fourth-order valence-electron chi connectivity index (χ4n) is 4.28. The van der Waals surface area contributed by atoms with Crippen LogP contribution in [0.15, 0.2) is 101 Å². The molecule has 5 rings (SSSR count). The molecule has 0 saturated carbocycles. The van der Waals surface area contributed by atoms with Crippen molar-refractivity contribution in [3.8, 4) is 0 Å². The molecule has 2 heterocycles. The summed E-state index contributed by atoms with van der Waals surface area (Å²) < 4.78 is 48.2. The highest BCUT2D eigenvalue weighted by Crippen LogP contribution is 2.56. The predicted molar refractivity (Wildman–Crippen MR) is 140 cm³/mol. The van der Waals surface area contributed by atoms with Gasteiger partial charge in [-0.2, -0.15) is 4.31 Å². The van der Waals surface area contributed by atoms with E-state index in [1.807, 2.05) is 60.7 Å². The van der Waals surface area contributed by atoms with Crippen molar-refractivity contribution in [1.82, 2.24) is 4.31 Å². The van der Waals surface area contributed by atoms with Crippen LogP contribution in [0.2, 0.25) is 0 Å². The third kappa shape index (κ3) is 5.27. The fourth-order valence-corrected chi connectivity index (χ4v) is 7.69. The molecule has 0 amide bonds. The maximum absolute atomic E-state index is 14.1. The van der Waals surface area contributed by atoms with Crippen LogP contribution in [0.25, 0.3) is 11.5 Å². The Balaban J connectivity index is 1.50. The van der Waals surface area contributed by atoms with E-state index in [4.69, 9.17) is 4.74 Å². The minimum atomic E-state index is -3.60. The Kier molecular flexibility index (Phi) is 6.65. The number of sulfonamides is 1. The van der Waals surface area contributed by atoms with E-state index >= 15 is 0 Å². The number of rotatable bonds is 6. The lowest BCUT2D eigenvalue weighted by molar-refractivity contribution is 0.346. The van der Waals surface area contributed by atoms with E-state index in [1.165, 1.54) is 4.31 Å². The van der Waals surface area contributed by atoms with Crippen LogP contribution in [0.4, 0.5) is 5.69 Å². The van der Waals surface area contributed by atoms with Crippen LogP contribution in [0.1, 0.15) is 30.4 Å². The van der Waals surface area contributed by atoms with Crippen molar-refractivity contribution in [3.63, 3.8) is 0 Å². The summed E-state index contributed by atoms with van der Waals surface area (Å²) in [6, 6.07) is 25.6. The molecule has 3 aromatic rings. The van der Waals surface area contributed by atoms with Crippen LogP contribution in [-0.4, -0.2) is 25.8 Å². The fraction of sp³-hybridized carbons (Fsp3) is 0.185. The van der Waals surface area contributed by atoms with Gasteiger partial charge in [0.2, 0.25) is 17.3 Å². The Morgan fingerprint density at radius 1 is 0.743 bits per heavy atom. The van der Waals surface area contributed by atoms with Gasteiger partial charge in [0.25, 0.3) is 0 Å². The standard InChI is InChI=1S/C27H27N2O4PS/c30-34(28-24-15-10-16-25(19-24)35(31,32)29-17-8-3-9-18-29)20-26(22-11-4-1-5-12-22)33-27(21-34)23-13-6-2-7-14-23/h1-2,4-7,10-16,19-21H,3,8-9,17-18H2,(H,28,30). The van der Waals surface area contributed by atoms with Crippen LogP contribution >= 0.6 is 7.29 Å². The van der Waals surface area contributed by atoms with E-state index in [0.29, 0.717) is 30.3 Å². The minimum absolute atomic E-state index is 0.198. The molecule has 2 aliphatic rings. The number of anilines is 1. The maximum Gasteiger partial charge on any atom is 0.243 e. The van der Waals surface area contributed by atoms with E-state index in [9.17, 15) is 13.0 Å². The Labute approximate surface area is 206 Å². The summed E-state index contributed by atoms with van der Waals surface area (Å²) in [5, 5.41) is 3.11. The molecule has 0 bridgehead atoms. The quantitative estimate of drug-likeness (QED) is 0.382. The number of benzene rings is 3. The Morgan fingerprint density at radius 3 is 1.89 bits per heavy atom. The molecule has 3 aromatic carbocycles. The van der Waals surface area contributed by atoms with Gasteiger partial charge in [-0.15, -0.1) is 0 Å². The van der Waals surface area contributed by atoms with Gasteiger partial charge in [0.05, 0.1) is 4.90 Å². The molecule has 0 aromatic heterocycles. The van der Waals surface area contributed by atoms with Gasteiger partial charge in [0.15, 0.2) is 0 Å². The third-order valence-electron chi connectivity index (χ3n) is 6.05. The normalized spacial score (nSPS) is 18.2. The van der Waals surface area contributed by atoms with Crippen molar-refractivity contribution < 1.29 is 17.7 Å². The van der Waals surface area contributed by atoms with Gasteiger partial charge in [-0.3, -0.25) is 4.57 Å². The summed E-state index contributed by atoms with van der Waals surface area (Å²) in [7, 11) is -6.89. The van der Waals surface area contributed by atoms with Crippen molar-refractivity contribution in [1.29, 1.82) is 0 Å². The van der Waals surface area contributed by atoms with E-state index in [2.05, 4.69) is 5.09 Å². The van der Waals surface area contributed by atoms with Crippen LogP contribution in [-0.2, 0) is 19.3 Å². The van der Waals surface area contributed by atoms with Crippen LogP contribution in [0.3, 0.4) is 0 Å². The SMILES string of the molecule is O=P1(Nc2cccc(S(=O)(=O)N3CCCCC3)c2)C=C(c2ccccc2)OC(c2ccccc2)=C1. The Hall–Kier alpha value is -3.12. The number of piperidine rings is 1. The highest BCUT2D eigenvalue weighted by atomic mass is 32.2. The molecular formula is C27H27N2O4PS. The van der Waals surface area contributed by atoms with Gasteiger partial charge in [-0.25, -0.2) is 8.42 Å². The summed E-state index contributed by atoms with van der Waals surface area (Å²) in [4.78, 5) is 0.198. The average molecular weight is 507 g/mol. The first-order chi connectivity index (χ1) is 16.9. The number of hydrogen-bond acceptors (Lipinski definition) is 4. The third-order valence-corrected chi connectivity index (χ3v) is 9.78. The molecule has 0 atom stereocenters. The predicted octanol–water partition coefficient (Wildman–Crippen LogP) is 6.58. The van der Waals surface area contributed by atoms with Crippen molar-refractivity contribution in [2.75, 3.05) is 18.2 Å². The first-order valence-corrected chi connectivity index (χ1v) is 14.9. The van der Waals surface area contributed by atoms with Gasteiger partial charge >= 0.3 is 0 Å². The van der Waals surface area contributed by atoms with E-state index in [-0.39, 0.29) is 4.90 Å². The second kappa shape index (κ2) is 9.86. The van der Waals surface area contributed by atoms with E-state index < -0.39 is 17.3 Å². The van der Waals surface area contributed by atoms with Gasteiger partial charge in [0.1, 0.15) is 11.5 Å². The zero-order valence-corrected chi connectivity index (χ0v) is 20.9. The molecule has 0 radical (unpaired) electrons. The molecule has 8 heteroatoms. The van der Waals surface area contributed by atoms with Gasteiger partial charge in [-0.1, -0.05) is 73.2 Å². The minimum Gasteiger partial charge on any atom is -0.456 e. The molecule has 0 aliphatic carbocycles. The average Bonchev–Trinajstić information content (AvgIpc) is 2.90. The lowest BCUT2D eigenvalue weighted by Crippen LogP contribution is -2.35. The first-order valence-electron chi connectivity index (χ1n) is 11.7. The number of ether oxygens (including phenoxy) is 1. The summed E-state index contributed by atoms with van der Waals surface area (Å²) in [5.74, 6) is 4.17. The molecule has 1 saturated heterocycles. The monoisotopic (exact) mass is 506 g/mol. The lowest BCUT2D eigenvalue weighted by atomic mass is 10.2. The Bertz CT molecular complexity index is 1350. The zero-order chi connectivity index (χ0) is 24.3. The molecule has 1 fully saturated rings. The van der Waals surface area contributed by atoms with Crippen molar-refractivity contribution in [3.05, 3.63) is 108 Å². The zero-order valence-electron chi connectivity index (χ0n) is 19.2. The molecule has 35 heavy (non-hydrogen) atoms. The molecular weight excluding hydrogens is 479 g/mol. The topological polar surface area (TPSA) is 75.7 Å². The smallest absolute Gasteiger partial charge is 0.243 e. The second-order valence-corrected chi connectivity index (χ2v) is 12.7. The van der Waals surface area contributed by atoms with Crippen molar-refractivity contribution in [2.24, 2.45) is 0 Å². The second-order valence-electron chi connectivity index (χ2n) is 8.63. The number of nitrogens with zero attached hydrogens (tertiary/aromatic N) is 1. The highest BCUT2D eigenvalue weighted by Gasteiger charge is 2.29. The first kappa shape index (κ1) is 23.6. The van der Waals surface area contributed by atoms with E-state index in [1.54, 1.807) is 35.9 Å². The summed E-state index contributed by atoms with van der Waals surface area (Å²) >= 11 is 0. The van der Waals surface area contributed by atoms with Gasteiger partial charge < -0.3 is 9.82 Å². The van der Waals surface area contributed by atoms with Crippen LogP contribution in [0, 0.1) is 0 Å². The largest absolute Gasteiger partial charge is 0.456 e. The molecule has 0 spiro atoms. The lowest BCUT2D eigenvalue weighted by Gasteiger charge is -2.26. The van der Waals surface area contributed by atoms with Crippen molar-refractivity contribution in [2.45, 2.75) is 24.2 Å². The van der Waals surface area contributed by atoms with E-state index in [0.717, 1.165) is 30.4 Å². The maximum atomic E-state index is 14.1. The van der Waals surface area contributed by atoms with Crippen molar-refractivity contribution >= 4 is 34.5 Å². The molecule has 2 aliphatic heterocycles. The number of nitrogens with one attached hydrogen (secondary N) is 1. The van der Waals surface area contributed by atoms with Crippen LogP contribution < -0.4 is 5.09 Å². The summed E-state index contributed by atoms with van der Waals surface area (Å²) in [6.45, 7) is 1.06. The summed E-state index contributed by atoms with van der Waals surface area (Å²) in [5.41, 5.74) is 2.08.